The Morgan fingerprint density at radius 1 is 1.58 bits per heavy atom. The molecule has 0 bridgehead atoms. The van der Waals surface area contributed by atoms with Gasteiger partial charge in [0.25, 0.3) is 11.6 Å². The molecule has 0 radical (unpaired) electrons. The maximum absolute atomic E-state index is 11.8. The highest BCUT2D eigenvalue weighted by molar-refractivity contribution is 9.10. The molecule has 0 aliphatic heterocycles. The molecule has 0 fully saturated rings. The van der Waals surface area contributed by atoms with Crippen LogP contribution in [0.1, 0.15) is 24.2 Å². The first-order valence-electron chi connectivity index (χ1n) is 5.40. The van der Waals surface area contributed by atoms with Gasteiger partial charge in [-0.15, -0.1) is 0 Å². The van der Waals surface area contributed by atoms with E-state index in [1.54, 1.807) is 13.8 Å². The summed E-state index contributed by atoms with van der Waals surface area (Å²) in [4.78, 5) is 22.0. The first-order valence-corrected chi connectivity index (χ1v) is 6.19. The molecule has 0 aliphatic rings. The van der Waals surface area contributed by atoms with Gasteiger partial charge < -0.3 is 5.32 Å². The lowest BCUT2D eigenvalue weighted by molar-refractivity contribution is -0.385. The summed E-state index contributed by atoms with van der Waals surface area (Å²) >= 11 is 3.05. The number of carbonyl (C=O) groups excluding carboxylic acids is 1. The Kier molecular flexibility index (Phi) is 4.62. The molecule has 19 heavy (non-hydrogen) atoms. The van der Waals surface area contributed by atoms with Gasteiger partial charge in [0.15, 0.2) is 0 Å². The zero-order valence-electron chi connectivity index (χ0n) is 10.4. The molecule has 0 saturated heterocycles. The minimum absolute atomic E-state index is 0.173. The van der Waals surface area contributed by atoms with Gasteiger partial charge in [-0.05, 0) is 41.9 Å². The molecule has 6 nitrogen and oxygen atoms in total. The number of nitrogens with one attached hydrogen (secondary N) is 1. The van der Waals surface area contributed by atoms with Gasteiger partial charge in [-0.2, -0.15) is 5.26 Å². The predicted molar refractivity (Wildman–Crippen MR) is 72.5 cm³/mol. The predicted octanol–water partition coefficient (Wildman–Crippen LogP) is 2.64. The summed E-state index contributed by atoms with van der Waals surface area (Å²) in [5, 5.41) is 22.2. The lowest BCUT2D eigenvalue weighted by Gasteiger charge is -2.15. The number of nitro benzene ring substituents is 1. The summed E-state index contributed by atoms with van der Waals surface area (Å²) in [6.07, 6.45) is 0. The molecule has 1 rings (SSSR count). The third kappa shape index (κ3) is 4.03. The highest BCUT2D eigenvalue weighted by Crippen LogP contribution is 2.25. The van der Waals surface area contributed by atoms with Crippen molar-refractivity contribution in [2.75, 3.05) is 6.54 Å². The fourth-order valence-electron chi connectivity index (χ4n) is 1.24. The molecule has 7 heteroatoms. The fraction of sp³-hybridized carbons (Fsp3) is 0.333. The van der Waals surface area contributed by atoms with Crippen molar-refractivity contribution in [1.29, 1.82) is 5.26 Å². The number of nitrogens with zero attached hydrogens (tertiary/aromatic N) is 2. The average molecular weight is 326 g/mol. The number of rotatable bonds is 4. The van der Waals surface area contributed by atoms with Crippen LogP contribution >= 0.6 is 15.9 Å². The van der Waals surface area contributed by atoms with E-state index in [0.29, 0.717) is 4.47 Å². The molecule has 0 atom stereocenters. The Bertz CT molecular complexity index is 564. The van der Waals surface area contributed by atoms with E-state index >= 15 is 0 Å². The standard InChI is InChI=1S/C12H12BrN3O3/c1-12(2,6-14)7-15-11(17)8-3-4-9(13)10(5-8)16(18)19/h3-5H,7H2,1-2H3,(H,15,17). The molecule has 1 aromatic rings. The number of amides is 1. The topological polar surface area (TPSA) is 96.0 Å². The first-order chi connectivity index (χ1) is 8.76. The number of hydrogen-bond acceptors (Lipinski definition) is 4. The summed E-state index contributed by atoms with van der Waals surface area (Å²) in [6, 6.07) is 6.17. The number of nitro groups is 1. The molecule has 0 saturated carbocycles. The van der Waals surface area contributed by atoms with Gasteiger partial charge >= 0.3 is 0 Å². The van der Waals surface area contributed by atoms with Gasteiger partial charge in [-0.1, -0.05) is 0 Å². The highest BCUT2D eigenvalue weighted by Gasteiger charge is 2.20. The quantitative estimate of drug-likeness (QED) is 0.679. The molecule has 0 heterocycles. The van der Waals surface area contributed by atoms with Crippen LogP contribution in [0, 0.1) is 26.9 Å². The van der Waals surface area contributed by atoms with Crippen LogP contribution in [0.5, 0.6) is 0 Å². The van der Waals surface area contributed by atoms with Crippen LogP contribution in [0.25, 0.3) is 0 Å². The van der Waals surface area contributed by atoms with E-state index in [9.17, 15) is 14.9 Å². The second-order valence-electron chi connectivity index (χ2n) is 4.60. The van der Waals surface area contributed by atoms with E-state index < -0.39 is 16.2 Å². The lowest BCUT2D eigenvalue weighted by atomic mass is 9.96. The smallest absolute Gasteiger partial charge is 0.284 e. The Labute approximate surface area is 118 Å². The molecular formula is C12H12BrN3O3. The van der Waals surface area contributed by atoms with Gasteiger partial charge in [0.05, 0.1) is 20.9 Å². The second kappa shape index (κ2) is 5.80. The molecular weight excluding hydrogens is 314 g/mol. The van der Waals surface area contributed by atoms with E-state index in [1.807, 2.05) is 0 Å². The lowest BCUT2D eigenvalue weighted by Crippen LogP contribution is -2.33. The van der Waals surface area contributed by atoms with Crippen molar-refractivity contribution in [2.24, 2.45) is 5.41 Å². The van der Waals surface area contributed by atoms with Crippen molar-refractivity contribution in [3.05, 3.63) is 38.3 Å². The Balaban J connectivity index is 2.87. The molecule has 0 aromatic heterocycles. The average Bonchev–Trinajstić information content (AvgIpc) is 2.36. The molecule has 100 valence electrons. The summed E-state index contributed by atoms with van der Waals surface area (Å²) < 4.78 is 0.311. The van der Waals surface area contributed by atoms with Crippen molar-refractivity contribution < 1.29 is 9.72 Å². The number of carbonyl (C=O) groups is 1. The van der Waals surface area contributed by atoms with Crippen molar-refractivity contribution in [3.63, 3.8) is 0 Å². The van der Waals surface area contributed by atoms with Crippen LogP contribution in [0.15, 0.2) is 22.7 Å². The zero-order valence-corrected chi connectivity index (χ0v) is 12.0. The molecule has 1 amide bonds. The summed E-state index contributed by atoms with van der Waals surface area (Å²) in [5.41, 5.74) is -0.674. The molecule has 0 unspecified atom stereocenters. The van der Waals surface area contributed by atoms with E-state index in [-0.39, 0.29) is 17.8 Å². The first kappa shape index (κ1) is 15.1. The summed E-state index contributed by atoms with van der Waals surface area (Å²) in [7, 11) is 0. The molecule has 1 N–H and O–H groups in total. The van der Waals surface area contributed by atoms with E-state index in [2.05, 4.69) is 27.3 Å². The van der Waals surface area contributed by atoms with Crippen LogP contribution in [0.4, 0.5) is 5.69 Å². The second-order valence-corrected chi connectivity index (χ2v) is 5.46. The monoisotopic (exact) mass is 325 g/mol. The number of nitriles is 1. The van der Waals surface area contributed by atoms with Gasteiger partial charge in [-0.25, -0.2) is 0 Å². The Morgan fingerprint density at radius 3 is 2.74 bits per heavy atom. The maximum atomic E-state index is 11.8. The van der Waals surface area contributed by atoms with Crippen LogP contribution in [-0.2, 0) is 0 Å². The van der Waals surface area contributed by atoms with Crippen molar-refractivity contribution in [1.82, 2.24) is 5.32 Å². The van der Waals surface area contributed by atoms with E-state index in [1.165, 1.54) is 18.2 Å². The normalized spacial score (nSPS) is 10.6. The largest absolute Gasteiger partial charge is 0.350 e. The van der Waals surface area contributed by atoms with E-state index in [4.69, 9.17) is 5.26 Å². The van der Waals surface area contributed by atoms with Crippen molar-refractivity contribution in [3.8, 4) is 6.07 Å². The minimum atomic E-state index is -0.684. The van der Waals surface area contributed by atoms with Crippen LogP contribution in [-0.4, -0.2) is 17.4 Å². The van der Waals surface area contributed by atoms with Gasteiger partial charge in [-0.3, -0.25) is 14.9 Å². The zero-order chi connectivity index (χ0) is 14.6. The van der Waals surface area contributed by atoms with Gasteiger partial charge in [0.2, 0.25) is 0 Å². The SMILES string of the molecule is CC(C)(C#N)CNC(=O)c1ccc(Br)c([N+](=O)[O-])c1. The Morgan fingerprint density at radius 2 is 2.21 bits per heavy atom. The summed E-state index contributed by atoms with van der Waals surface area (Å²) in [6.45, 7) is 3.56. The Hall–Kier alpha value is -1.94. The third-order valence-corrected chi connectivity index (χ3v) is 3.07. The minimum Gasteiger partial charge on any atom is -0.350 e. The molecule has 1 aromatic carbocycles. The molecule has 0 spiro atoms. The molecule has 0 aliphatic carbocycles. The van der Waals surface area contributed by atoms with E-state index in [0.717, 1.165) is 0 Å². The number of halogens is 1. The summed E-state index contributed by atoms with van der Waals surface area (Å²) in [5.74, 6) is -0.445. The van der Waals surface area contributed by atoms with Crippen LogP contribution < -0.4 is 5.32 Å². The van der Waals surface area contributed by atoms with Crippen LogP contribution in [0.2, 0.25) is 0 Å². The maximum Gasteiger partial charge on any atom is 0.284 e. The number of benzene rings is 1. The highest BCUT2D eigenvalue weighted by atomic mass is 79.9. The van der Waals surface area contributed by atoms with Crippen molar-refractivity contribution >= 4 is 27.5 Å². The number of hydrogen-bond donors (Lipinski definition) is 1. The van der Waals surface area contributed by atoms with Gasteiger partial charge in [0, 0.05) is 18.2 Å². The fourth-order valence-corrected chi connectivity index (χ4v) is 1.63. The van der Waals surface area contributed by atoms with Crippen LogP contribution in [0.3, 0.4) is 0 Å². The third-order valence-electron chi connectivity index (χ3n) is 2.40. The van der Waals surface area contributed by atoms with Gasteiger partial charge in [0.1, 0.15) is 0 Å². The van der Waals surface area contributed by atoms with Crippen molar-refractivity contribution in [2.45, 2.75) is 13.8 Å².